The van der Waals surface area contributed by atoms with Crippen LogP contribution in [0.2, 0.25) is 0 Å². The van der Waals surface area contributed by atoms with Gasteiger partial charge in [-0.2, -0.15) is 0 Å². The van der Waals surface area contributed by atoms with Crippen LogP contribution in [0.25, 0.3) is 0 Å². The van der Waals surface area contributed by atoms with Gasteiger partial charge in [0.1, 0.15) is 6.10 Å². The third-order valence-electron chi connectivity index (χ3n) is 11.5. The van der Waals surface area contributed by atoms with Crippen molar-refractivity contribution in [2.24, 2.45) is 0 Å². The minimum Gasteiger partial charge on any atom is -0.462 e. The summed E-state index contributed by atoms with van der Waals surface area (Å²) in [6.07, 6.45) is 62.6. The minimum absolute atomic E-state index is 0.0414. The molecule has 0 aromatic rings. The molecule has 0 heterocycles. The molecule has 0 radical (unpaired) electrons. The Balaban J connectivity index is 4.52. The highest BCUT2D eigenvalue weighted by molar-refractivity contribution is 5.77. The summed E-state index contributed by atoms with van der Waals surface area (Å²) in [5, 5.41) is 23.8. The molecule has 0 aromatic heterocycles. The summed E-state index contributed by atoms with van der Waals surface area (Å²) < 4.78 is 5.88. The predicted octanol–water partition coefficient (Wildman–Crippen LogP) is 15.8. The Labute approximate surface area is 383 Å². The molecular weight excluding hydrogens is 767 g/mol. The first kappa shape index (κ1) is 59.3. The van der Waals surface area contributed by atoms with Crippen molar-refractivity contribution in [2.75, 3.05) is 6.61 Å². The molecule has 3 atom stereocenters. The lowest BCUT2D eigenvalue weighted by Crippen LogP contribution is -2.46. The van der Waals surface area contributed by atoms with Gasteiger partial charge in [-0.05, 0) is 83.5 Å². The first-order chi connectivity index (χ1) is 30.5. The maximum absolute atomic E-state index is 13.2. The molecule has 1 amide bonds. The first-order valence-electron chi connectivity index (χ1n) is 26.2. The van der Waals surface area contributed by atoms with Gasteiger partial charge in [-0.15, -0.1) is 0 Å². The molecule has 0 aliphatic carbocycles. The summed E-state index contributed by atoms with van der Waals surface area (Å²) in [4.78, 5) is 26.1. The van der Waals surface area contributed by atoms with E-state index in [0.717, 1.165) is 89.9 Å². The molecule has 6 heteroatoms. The number of aliphatic hydroxyl groups is 2. The summed E-state index contributed by atoms with van der Waals surface area (Å²) in [5.41, 5.74) is 0. The number of nitrogens with one attached hydrogen (secondary N) is 1. The van der Waals surface area contributed by atoms with Crippen LogP contribution in [0.1, 0.15) is 245 Å². The zero-order chi connectivity index (χ0) is 45.2. The van der Waals surface area contributed by atoms with E-state index in [1.165, 1.54) is 103 Å². The second-order valence-corrected chi connectivity index (χ2v) is 17.5. The molecule has 0 spiro atoms. The van der Waals surface area contributed by atoms with E-state index in [9.17, 15) is 19.8 Å². The SMILES string of the molecule is CC/C=C\C/C=C\C/C=C\C/C=C\C/C=C\CCCC(=O)OC(CCCCC/C=C\CCCC)CC(=O)NC(CO)C(O)CCCCCCCCCCCCCCCCCCC. The van der Waals surface area contributed by atoms with Crippen LogP contribution in [0.15, 0.2) is 72.9 Å². The van der Waals surface area contributed by atoms with E-state index in [-0.39, 0.29) is 24.9 Å². The van der Waals surface area contributed by atoms with Crippen LogP contribution < -0.4 is 5.32 Å². The topological polar surface area (TPSA) is 95.9 Å². The third kappa shape index (κ3) is 43.9. The van der Waals surface area contributed by atoms with E-state index >= 15 is 0 Å². The molecule has 0 bridgehead atoms. The number of esters is 1. The van der Waals surface area contributed by atoms with Gasteiger partial charge in [-0.25, -0.2) is 0 Å². The largest absolute Gasteiger partial charge is 0.462 e. The van der Waals surface area contributed by atoms with Crippen LogP contribution >= 0.6 is 0 Å². The molecule has 0 rings (SSSR count). The van der Waals surface area contributed by atoms with E-state index < -0.39 is 18.2 Å². The number of carbonyl (C=O) groups is 2. The number of aliphatic hydroxyl groups excluding tert-OH is 2. The normalized spacial score (nSPS) is 13.8. The van der Waals surface area contributed by atoms with E-state index in [1.807, 2.05) is 0 Å². The summed E-state index contributed by atoms with van der Waals surface area (Å²) >= 11 is 0. The number of hydrogen-bond donors (Lipinski definition) is 3. The molecule has 0 fully saturated rings. The van der Waals surface area contributed by atoms with Gasteiger partial charge in [0.15, 0.2) is 0 Å². The lowest BCUT2D eigenvalue weighted by Gasteiger charge is -2.24. The average Bonchev–Trinajstić information content (AvgIpc) is 3.26. The number of hydrogen-bond acceptors (Lipinski definition) is 5. The van der Waals surface area contributed by atoms with Crippen molar-refractivity contribution in [3.63, 3.8) is 0 Å². The molecule has 3 N–H and O–H groups in total. The molecule has 0 aliphatic heterocycles. The Morgan fingerprint density at radius 3 is 1.39 bits per heavy atom. The fraction of sp³-hybridized carbons (Fsp3) is 0.750. The Morgan fingerprint density at radius 2 is 0.887 bits per heavy atom. The van der Waals surface area contributed by atoms with Crippen LogP contribution in [0.4, 0.5) is 0 Å². The van der Waals surface area contributed by atoms with Gasteiger partial charge in [-0.1, -0.05) is 222 Å². The van der Waals surface area contributed by atoms with E-state index in [1.54, 1.807) is 0 Å². The number of rotatable bonds is 46. The zero-order valence-corrected chi connectivity index (χ0v) is 40.7. The lowest BCUT2D eigenvalue weighted by molar-refractivity contribution is -0.151. The smallest absolute Gasteiger partial charge is 0.306 e. The zero-order valence-electron chi connectivity index (χ0n) is 40.7. The molecule has 0 aromatic carbocycles. The second kappa shape index (κ2) is 49.3. The molecule has 0 saturated heterocycles. The van der Waals surface area contributed by atoms with E-state index in [2.05, 4.69) is 99.0 Å². The van der Waals surface area contributed by atoms with Crippen molar-refractivity contribution in [3.05, 3.63) is 72.9 Å². The first-order valence-corrected chi connectivity index (χ1v) is 26.2. The van der Waals surface area contributed by atoms with Crippen LogP contribution in [-0.2, 0) is 14.3 Å². The quantitative estimate of drug-likeness (QED) is 0.0322. The Morgan fingerprint density at radius 1 is 0.484 bits per heavy atom. The minimum atomic E-state index is -0.803. The van der Waals surface area contributed by atoms with Crippen molar-refractivity contribution in [1.29, 1.82) is 0 Å². The molecule has 3 unspecified atom stereocenters. The monoisotopic (exact) mass is 866 g/mol. The number of allylic oxidation sites excluding steroid dienone is 12. The molecule has 6 nitrogen and oxygen atoms in total. The maximum Gasteiger partial charge on any atom is 0.306 e. The van der Waals surface area contributed by atoms with Gasteiger partial charge in [0.25, 0.3) is 0 Å². The molecule has 358 valence electrons. The highest BCUT2D eigenvalue weighted by Crippen LogP contribution is 2.17. The van der Waals surface area contributed by atoms with Crippen LogP contribution in [0.5, 0.6) is 0 Å². The standard InChI is InChI=1S/C56H99NO5/c1-4-7-10-13-16-19-21-23-25-27-29-31-33-36-39-42-45-48-54(59)53(51-58)57-55(60)50-52(47-44-41-38-35-18-15-12-9-6-3)62-56(61)49-46-43-40-37-34-32-30-28-26-24-22-20-17-14-11-8-5-2/h8,11,15,17-18,20,24,26,30,32,37,40,52-54,58-59H,4-7,9-10,12-14,16,19,21-23,25,27-29,31,33-36,38-39,41-51H2,1-3H3,(H,57,60)/b11-8-,18-15-,20-17-,26-24-,32-30-,40-37-. The van der Waals surface area contributed by atoms with Crippen LogP contribution in [0.3, 0.4) is 0 Å². The maximum atomic E-state index is 13.2. The van der Waals surface area contributed by atoms with E-state index in [4.69, 9.17) is 4.74 Å². The number of amides is 1. The van der Waals surface area contributed by atoms with Gasteiger partial charge < -0.3 is 20.3 Å². The number of unbranched alkanes of at least 4 members (excludes halogenated alkanes) is 22. The summed E-state index contributed by atoms with van der Waals surface area (Å²) in [6, 6.07) is -0.720. The summed E-state index contributed by atoms with van der Waals surface area (Å²) in [5.74, 6) is -0.562. The van der Waals surface area contributed by atoms with Gasteiger partial charge in [0.2, 0.25) is 5.91 Å². The highest BCUT2D eigenvalue weighted by Gasteiger charge is 2.24. The Bertz CT molecular complexity index is 1150. The predicted molar refractivity (Wildman–Crippen MR) is 268 cm³/mol. The fourth-order valence-electron chi connectivity index (χ4n) is 7.56. The molecule has 0 saturated carbocycles. The van der Waals surface area contributed by atoms with Crippen LogP contribution in [-0.4, -0.2) is 46.9 Å². The summed E-state index contributed by atoms with van der Waals surface area (Å²) in [7, 11) is 0. The van der Waals surface area contributed by atoms with Crippen LogP contribution in [0, 0.1) is 0 Å². The third-order valence-corrected chi connectivity index (χ3v) is 11.5. The molecule has 62 heavy (non-hydrogen) atoms. The Kier molecular flexibility index (Phi) is 47.2. The lowest BCUT2D eigenvalue weighted by atomic mass is 10.0. The average molecular weight is 866 g/mol. The highest BCUT2D eigenvalue weighted by atomic mass is 16.5. The van der Waals surface area contributed by atoms with Crippen molar-refractivity contribution in [2.45, 2.75) is 264 Å². The van der Waals surface area contributed by atoms with Crippen molar-refractivity contribution >= 4 is 11.9 Å². The van der Waals surface area contributed by atoms with E-state index in [0.29, 0.717) is 25.7 Å². The van der Waals surface area contributed by atoms with Crippen molar-refractivity contribution < 1.29 is 24.5 Å². The van der Waals surface area contributed by atoms with Gasteiger partial charge in [-0.3, -0.25) is 9.59 Å². The van der Waals surface area contributed by atoms with Gasteiger partial charge in [0.05, 0.1) is 25.2 Å². The fourth-order valence-corrected chi connectivity index (χ4v) is 7.56. The summed E-state index contributed by atoms with van der Waals surface area (Å²) in [6.45, 7) is 6.31. The van der Waals surface area contributed by atoms with Gasteiger partial charge >= 0.3 is 5.97 Å². The molecular formula is C56H99NO5. The van der Waals surface area contributed by atoms with Crippen molar-refractivity contribution in [1.82, 2.24) is 5.32 Å². The number of ether oxygens (including phenoxy) is 1. The van der Waals surface area contributed by atoms with Gasteiger partial charge in [0, 0.05) is 6.42 Å². The molecule has 0 aliphatic rings. The number of carbonyl (C=O) groups excluding carboxylic acids is 2. The Hall–Kier alpha value is -2.70. The van der Waals surface area contributed by atoms with Crippen molar-refractivity contribution in [3.8, 4) is 0 Å². The second-order valence-electron chi connectivity index (χ2n) is 17.5.